The van der Waals surface area contributed by atoms with Gasteiger partial charge < -0.3 is 29.4 Å². The van der Waals surface area contributed by atoms with E-state index in [1.807, 2.05) is 0 Å². The predicted octanol–water partition coefficient (Wildman–Crippen LogP) is -0.887. The number of hydrogen-bond acceptors (Lipinski definition) is 16. The van der Waals surface area contributed by atoms with Crippen LogP contribution >= 0.6 is 0 Å². The Morgan fingerprint density at radius 1 is 0.782 bits per heavy atom. The quantitative estimate of drug-likeness (QED) is 0.172. The second-order valence-electron chi connectivity index (χ2n) is 10.9. The van der Waals surface area contributed by atoms with E-state index in [1.165, 1.54) is 42.9 Å². The zero-order chi connectivity index (χ0) is 41.6. The van der Waals surface area contributed by atoms with E-state index in [0.29, 0.717) is 19.0 Å². The minimum Gasteiger partial charge on any atom is -0.460 e. The predicted molar refractivity (Wildman–Crippen MR) is 195 cm³/mol. The highest BCUT2D eigenvalue weighted by Gasteiger charge is 2.18. The number of amides is 1. The van der Waals surface area contributed by atoms with E-state index in [1.54, 1.807) is 42.5 Å². The number of aliphatic hydroxyl groups is 1. The highest BCUT2D eigenvalue weighted by molar-refractivity contribution is 7.89. The summed E-state index contributed by atoms with van der Waals surface area (Å²) in [7, 11) is -10.9. The van der Waals surface area contributed by atoms with Crippen LogP contribution in [-0.2, 0) is 30.1 Å². The van der Waals surface area contributed by atoms with Crippen LogP contribution in [0.5, 0.6) is 5.75 Å². The molecule has 0 radical (unpaired) electrons. The third kappa shape index (κ3) is 11.1. The maximum absolute atomic E-state index is 11.3. The molecule has 1 amide bonds. The number of aliphatic hydroxyl groups excluding tert-OH is 1. The molecule has 0 bridgehead atoms. The molecule has 4 N–H and O–H groups in total. The summed E-state index contributed by atoms with van der Waals surface area (Å²) in [5.74, 6) is -3.81. The number of imidazole rings is 1. The van der Waals surface area contributed by atoms with E-state index in [0.717, 1.165) is 28.9 Å². The number of aromatic amines is 1. The second-order valence-corrected chi connectivity index (χ2v) is 16.5. The van der Waals surface area contributed by atoms with Gasteiger partial charge in [0, 0.05) is 19.2 Å². The van der Waals surface area contributed by atoms with Gasteiger partial charge in [-0.15, -0.1) is 0 Å². The van der Waals surface area contributed by atoms with Crippen LogP contribution in [0.15, 0.2) is 101 Å². The molecule has 0 aliphatic heterocycles. The fraction of sp³-hybridized carbons (Fsp3) is 0.200. The van der Waals surface area contributed by atoms with E-state index in [9.17, 15) is 54.0 Å². The number of carbonyl (C=O) groups is 2. The maximum Gasteiger partial charge on any atom is 0.434 e. The molecule has 55 heavy (non-hydrogen) atoms. The van der Waals surface area contributed by atoms with Gasteiger partial charge in [0.15, 0.2) is 17.6 Å². The number of oxazole rings is 2. The van der Waals surface area contributed by atoms with Crippen molar-refractivity contribution in [2.45, 2.75) is 20.1 Å². The number of ether oxygens (including phenoxy) is 1. The Morgan fingerprint density at radius 2 is 1.35 bits per heavy atom. The number of benzene rings is 2. The summed E-state index contributed by atoms with van der Waals surface area (Å²) in [6.07, 6.45) is 5.00. The number of rotatable bonds is 6. The molecule has 0 fully saturated rings. The molecule has 4 heterocycles. The average Bonchev–Trinajstić information content (AvgIpc) is 3.73. The van der Waals surface area contributed by atoms with E-state index >= 15 is 0 Å². The van der Waals surface area contributed by atoms with E-state index < -0.39 is 65.2 Å². The maximum atomic E-state index is 11.3. The zero-order valence-electron chi connectivity index (χ0n) is 29.2. The summed E-state index contributed by atoms with van der Waals surface area (Å²) >= 11 is 0. The molecule has 25 heteroatoms. The normalized spacial score (nSPS) is 12.0. The number of primary amides is 1. The van der Waals surface area contributed by atoms with Gasteiger partial charge in [0.05, 0.1) is 42.2 Å². The zero-order valence-corrected chi connectivity index (χ0v) is 31.6. The van der Waals surface area contributed by atoms with Crippen LogP contribution in [0.3, 0.4) is 0 Å². The highest BCUT2D eigenvalue weighted by atomic mass is 32.2. The Bertz CT molecular complexity index is 2840. The highest BCUT2D eigenvalue weighted by Crippen LogP contribution is 2.13. The molecule has 0 aliphatic rings. The molecule has 296 valence electrons. The first-order valence-electron chi connectivity index (χ1n) is 14.8. The molecule has 6 aromatic rings. The van der Waals surface area contributed by atoms with Crippen molar-refractivity contribution in [1.29, 1.82) is 0 Å². The molecule has 22 nitrogen and oxygen atoms in total. The first-order chi connectivity index (χ1) is 25.3. The van der Waals surface area contributed by atoms with Gasteiger partial charge in [-0.3, -0.25) is 19.0 Å². The Kier molecular flexibility index (Phi) is 13.2. The molecule has 1 unspecified atom stereocenters. The van der Waals surface area contributed by atoms with Crippen molar-refractivity contribution in [2.24, 2.45) is 5.73 Å². The van der Waals surface area contributed by atoms with E-state index in [-0.39, 0.29) is 28.2 Å². The molecule has 0 spiro atoms. The van der Waals surface area contributed by atoms with Gasteiger partial charge in [-0.05, 0) is 31.2 Å². The number of nitrogens with one attached hydrogen (secondary N) is 1. The summed E-state index contributed by atoms with van der Waals surface area (Å²) in [5, 5.41) is 8.90. The fourth-order valence-electron chi connectivity index (χ4n) is 4.22. The molecule has 4 aromatic heterocycles. The number of H-pyrrole nitrogens is 1. The molecule has 2 aromatic carbocycles. The number of aromatic nitrogens is 5. The first-order valence-corrected chi connectivity index (χ1v) is 20.4. The van der Waals surface area contributed by atoms with Crippen molar-refractivity contribution in [1.82, 2.24) is 21.5 Å². The van der Waals surface area contributed by atoms with Gasteiger partial charge in [-0.1, -0.05) is 24.3 Å². The number of fused-ring (bicyclic) bond motifs is 2. The summed E-state index contributed by atoms with van der Waals surface area (Å²) in [5.41, 5.74) is 5.18. The monoisotopic (exact) mass is 828 g/mol. The summed E-state index contributed by atoms with van der Waals surface area (Å²) in [6, 6.07) is 14.2. The number of nitrogens with zero attached hydrogens (tertiary/aromatic N) is 4. The number of nitrogens with two attached hydrogens (primary N) is 1. The van der Waals surface area contributed by atoms with Crippen molar-refractivity contribution >= 4 is 64.0 Å². The Hall–Kier alpha value is -6.31. The number of pyridine rings is 1. The molecule has 6 rings (SSSR count). The van der Waals surface area contributed by atoms with Gasteiger partial charge >= 0.3 is 17.2 Å². The average molecular weight is 829 g/mol. The molecule has 0 aliphatic carbocycles. The Morgan fingerprint density at radius 3 is 1.84 bits per heavy atom. The summed E-state index contributed by atoms with van der Waals surface area (Å²) in [4.78, 5) is 68.4. The van der Waals surface area contributed by atoms with Crippen molar-refractivity contribution in [3.05, 3.63) is 121 Å². The van der Waals surface area contributed by atoms with Crippen molar-refractivity contribution < 1.29 is 53.5 Å². The minimum atomic E-state index is -3.74. The van der Waals surface area contributed by atoms with Gasteiger partial charge in [0.1, 0.15) is 5.52 Å². The third-order valence-electron chi connectivity index (χ3n) is 6.42. The van der Waals surface area contributed by atoms with Gasteiger partial charge in [0.2, 0.25) is 47.2 Å². The standard InChI is InChI=1S/C9H11NO4.C8H8N2O3S.C8H7NO4S.C5H6N2O5S/c1-6(11)10-4-3-8(13)9(5-10)14-7(2)12;1-14(12,13)10-7-5-3-2-4-6(7)9-8(10)11;1-14(11,12)9-6-4-2-3-5-7(6)13-8(9)10;1-13(10,11)7-2-3(4(6)8)12-5(7)9/h3-5,7,12H,1-2H3;2-5H,1H3,(H,9,11);2-5H,1H3;2H,1H3,(H2,6,8). The van der Waals surface area contributed by atoms with Crippen molar-refractivity contribution in [2.75, 3.05) is 18.8 Å². The van der Waals surface area contributed by atoms with Gasteiger partial charge in [-0.2, -0.15) is 11.9 Å². The van der Waals surface area contributed by atoms with Crippen LogP contribution in [0, 0.1) is 0 Å². The van der Waals surface area contributed by atoms with Crippen LogP contribution in [0.1, 0.15) is 29.2 Å². The molecule has 0 saturated carbocycles. The molecular weight excluding hydrogens is 797 g/mol. The molecule has 0 saturated heterocycles. The lowest BCUT2D eigenvalue weighted by Gasteiger charge is -2.08. The Balaban J connectivity index is 0.000000197. The topological polar surface area (TPSA) is 322 Å². The van der Waals surface area contributed by atoms with Crippen molar-refractivity contribution in [3.63, 3.8) is 0 Å². The lowest BCUT2D eigenvalue weighted by molar-refractivity contribution is -0.00163. The van der Waals surface area contributed by atoms with Crippen LogP contribution in [-0.4, -0.2) is 88.7 Å². The SMILES string of the molecule is CC(=O)n1ccc(=O)c(OC(C)O)c1.CS(=O)(=O)n1c(=O)[nH]c2ccccc21.CS(=O)(=O)n1c(=O)oc2ccccc21.CS(=O)(=O)n1cc(C(N)=O)oc1=O. The number of hydrogen-bond donors (Lipinski definition) is 3. The lowest BCUT2D eigenvalue weighted by atomic mass is 10.3. The summed E-state index contributed by atoms with van der Waals surface area (Å²) < 4.78 is 83.4. The summed E-state index contributed by atoms with van der Waals surface area (Å²) in [6.45, 7) is 2.74. The Labute approximate surface area is 309 Å². The van der Waals surface area contributed by atoms with E-state index in [2.05, 4.69) is 9.40 Å². The smallest absolute Gasteiger partial charge is 0.434 e. The molecule has 1 atom stereocenters. The van der Waals surface area contributed by atoms with E-state index in [4.69, 9.17) is 20.0 Å². The van der Waals surface area contributed by atoms with Gasteiger partial charge in [0.25, 0.3) is 5.91 Å². The van der Waals surface area contributed by atoms with Crippen LogP contribution in [0.25, 0.3) is 22.1 Å². The minimum absolute atomic E-state index is 0.0438. The van der Waals surface area contributed by atoms with Crippen LogP contribution < -0.4 is 33.1 Å². The van der Waals surface area contributed by atoms with Crippen LogP contribution in [0.2, 0.25) is 0 Å². The fourth-order valence-corrected chi connectivity index (χ4v) is 6.50. The molecular formula is C30H32N6O16S3. The number of para-hydroxylation sites is 4. The first kappa shape index (κ1) is 43.1. The van der Waals surface area contributed by atoms with Gasteiger partial charge in [-0.25, -0.2) is 39.6 Å². The third-order valence-corrected chi connectivity index (χ3v) is 9.42. The second kappa shape index (κ2) is 16.8. The number of carbonyl (C=O) groups excluding carboxylic acids is 2. The lowest BCUT2D eigenvalue weighted by Crippen LogP contribution is -2.23. The largest absolute Gasteiger partial charge is 0.460 e. The van der Waals surface area contributed by atoms with Crippen molar-refractivity contribution in [3.8, 4) is 5.75 Å². The van der Waals surface area contributed by atoms with Crippen LogP contribution in [0.4, 0.5) is 0 Å².